The molecule has 1 aliphatic heterocycles. The van der Waals surface area contributed by atoms with Crippen molar-refractivity contribution in [3.63, 3.8) is 0 Å². The van der Waals surface area contributed by atoms with Gasteiger partial charge in [0.1, 0.15) is 11.5 Å². The van der Waals surface area contributed by atoms with Crippen molar-refractivity contribution in [3.8, 4) is 11.5 Å². The van der Waals surface area contributed by atoms with Crippen LogP contribution in [0.5, 0.6) is 11.5 Å². The van der Waals surface area contributed by atoms with Gasteiger partial charge in [0.05, 0.1) is 20.1 Å². The first-order valence-electron chi connectivity index (χ1n) is 7.89. The van der Waals surface area contributed by atoms with Gasteiger partial charge in [0.15, 0.2) is 5.96 Å². The average molecular weight is 463 g/mol. The molecule has 7 nitrogen and oxygen atoms in total. The fourth-order valence-corrected chi connectivity index (χ4v) is 2.93. The van der Waals surface area contributed by atoms with Crippen molar-refractivity contribution in [1.82, 2.24) is 10.2 Å². The minimum atomic E-state index is -0.189. The molecule has 2 rings (SSSR count). The van der Waals surface area contributed by atoms with E-state index in [1.54, 1.807) is 32.4 Å². The van der Waals surface area contributed by atoms with Crippen LogP contribution in [0.3, 0.4) is 0 Å². The van der Waals surface area contributed by atoms with Crippen molar-refractivity contribution in [1.29, 1.82) is 0 Å². The standard InChI is InChI=1S/C17H25N3O4.HI/c1-11-9-20(10-14(11)16(22)24-4)17(18-2)19-8-12-7-13(23-3)5-6-15(12)21;/h5-7,11,14,21H,8-10H2,1-4H3,(H,18,19);1H. The van der Waals surface area contributed by atoms with E-state index >= 15 is 0 Å². The van der Waals surface area contributed by atoms with E-state index in [2.05, 4.69) is 10.3 Å². The second-order valence-corrected chi connectivity index (χ2v) is 5.91. The predicted molar refractivity (Wildman–Crippen MR) is 107 cm³/mol. The number of aromatic hydroxyl groups is 1. The Kier molecular flexibility index (Phi) is 8.27. The number of carbonyl (C=O) groups is 1. The number of halogens is 1. The first-order valence-corrected chi connectivity index (χ1v) is 7.89. The van der Waals surface area contributed by atoms with Crippen molar-refractivity contribution >= 4 is 35.9 Å². The van der Waals surface area contributed by atoms with Gasteiger partial charge in [-0.3, -0.25) is 9.79 Å². The molecule has 1 aromatic carbocycles. The van der Waals surface area contributed by atoms with Gasteiger partial charge in [-0.15, -0.1) is 24.0 Å². The summed E-state index contributed by atoms with van der Waals surface area (Å²) in [5.74, 6) is 1.42. The molecular formula is C17H26IN3O4. The Morgan fingerprint density at radius 3 is 2.72 bits per heavy atom. The fourth-order valence-electron chi connectivity index (χ4n) is 2.93. The van der Waals surface area contributed by atoms with E-state index < -0.39 is 0 Å². The summed E-state index contributed by atoms with van der Waals surface area (Å²) in [5.41, 5.74) is 0.715. The largest absolute Gasteiger partial charge is 0.508 e. The van der Waals surface area contributed by atoms with Crippen molar-refractivity contribution < 1.29 is 19.4 Å². The Morgan fingerprint density at radius 1 is 1.40 bits per heavy atom. The zero-order valence-corrected chi connectivity index (χ0v) is 17.3. The number of nitrogens with one attached hydrogen (secondary N) is 1. The summed E-state index contributed by atoms with van der Waals surface area (Å²) in [6.45, 7) is 3.73. The first kappa shape index (κ1) is 21.3. The summed E-state index contributed by atoms with van der Waals surface area (Å²) in [7, 11) is 4.70. The highest BCUT2D eigenvalue weighted by molar-refractivity contribution is 14.0. The minimum absolute atomic E-state index is 0. The zero-order chi connectivity index (χ0) is 17.7. The quantitative estimate of drug-likeness (QED) is 0.307. The fraction of sp³-hybridized carbons (Fsp3) is 0.529. The number of hydrogen-bond acceptors (Lipinski definition) is 5. The summed E-state index contributed by atoms with van der Waals surface area (Å²) in [5, 5.41) is 13.2. The molecule has 0 saturated carbocycles. The van der Waals surface area contributed by atoms with Crippen LogP contribution >= 0.6 is 24.0 Å². The number of phenolic OH excluding ortho intramolecular Hbond substituents is 1. The van der Waals surface area contributed by atoms with Crippen LogP contribution in [0.1, 0.15) is 12.5 Å². The molecule has 140 valence electrons. The van der Waals surface area contributed by atoms with Gasteiger partial charge >= 0.3 is 5.97 Å². The SMILES string of the molecule is CN=C(NCc1cc(OC)ccc1O)N1CC(C)C(C(=O)OC)C1.I. The van der Waals surface area contributed by atoms with Crippen LogP contribution in [-0.4, -0.2) is 56.3 Å². The number of aliphatic imine (C=N–C) groups is 1. The lowest BCUT2D eigenvalue weighted by atomic mass is 9.99. The average Bonchev–Trinajstić information content (AvgIpc) is 2.97. The lowest BCUT2D eigenvalue weighted by Gasteiger charge is -2.21. The molecule has 2 atom stereocenters. The Morgan fingerprint density at radius 2 is 2.12 bits per heavy atom. The molecule has 0 radical (unpaired) electrons. The van der Waals surface area contributed by atoms with Crippen molar-refractivity contribution in [2.75, 3.05) is 34.4 Å². The van der Waals surface area contributed by atoms with Crippen LogP contribution in [0.2, 0.25) is 0 Å². The topological polar surface area (TPSA) is 83.4 Å². The summed E-state index contributed by atoms with van der Waals surface area (Å²) < 4.78 is 10.0. The molecule has 0 aliphatic carbocycles. The van der Waals surface area contributed by atoms with Gasteiger partial charge in [0, 0.05) is 32.2 Å². The number of benzene rings is 1. The molecule has 1 heterocycles. The van der Waals surface area contributed by atoms with Crippen LogP contribution in [0.4, 0.5) is 0 Å². The molecule has 1 aromatic rings. The van der Waals surface area contributed by atoms with Gasteiger partial charge in [-0.1, -0.05) is 6.92 Å². The molecule has 8 heteroatoms. The molecule has 1 saturated heterocycles. The highest BCUT2D eigenvalue weighted by atomic mass is 127. The molecule has 0 spiro atoms. The third-order valence-corrected chi connectivity index (χ3v) is 4.35. The molecule has 0 amide bonds. The Bertz CT molecular complexity index is 624. The lowest BCUT2D eigenvalue weighted by molar-refractivity contribution is -0.145. The monoisotopic (exact) mass is 463 g/mol. The number of phenols is 1. The summed E-state index contributed by atoms with van der Waals surface area (Å²) in [6, 6.07) is 5.08. The van der Waals surface area contributed by atoms with Gasteiger partial charge in [0.2, 0.25) is 0 Å². The van der Waals surface area contributed by atoms with Crippen LogP contribution < -0.4 is 10.1 Å². The maximum atomic E-state index is 11.8. The molecule has 2 N–H and O–H groups in total. The summed E-state index contributed by atoms with van der Waals surface area (Å²) in [4.78, 5) is 18.1. The Labute approximate surface area is 165 Å². The van der Waals surface area contributed by atoms with Gasteiger partial charge in [0.25, 0.3) is 0 Å². The van der Waals surface area contributed by atoms with Crippen molar-refractivity contribution in [2.24, 2.45) is 16.8 Å². The van der Waals surface area contributed by atoms with E-state index in [0.29, 0.717) is 30.4 Å². The Hall–Kier alpha value is -1.71. The highest BCUT2D eigenvalue weighted by Gasteiger charge is 2.36. The van der Waals surface area contributed by atoms with Crippen LogP contribution in [0.15, 0.2) is 23.2 Å². The lowest BCUT2D eigenvalue weighted by Crippen LogP contribution is -2.40. The number of ether oxygens (including phenoxy) is 2. The van der Waals surface area contributed by atoms with E-state index in [-0.39, 0.29) is 47.5 Å². The number of methoxy groups -OCH3 is 2. The third kappa shape index (κ3) is 5.13. The molecule has 1 fully saturated rings. The summed E-state index contributed by atoms with van der Waals surface area (Å²) >= 11 is 0. The first-order chi connectivity index (χ1) is 11.5. The molecule has 25 heavy (non-hydrogen) atoms. The number of esters is 1. The van der Waals surface area contributed by atoms with E-state index in [4.69, 9.17) is 9.47 Å². The second-order valence-electron chi connectivity index (χ2n) is 5.91. The van der Waals surface area contributed by atoms with E-state index in [9.17, 15) is 9.90 Å². The molecular weight excluding hydrogens is 437 g/mol. The normalized spacial score (nSPS) is 20.0. The maximum absolute atomic E-state index is 11.8. The molecule has 2 unspecified atom stereocenters. The van der Waals surface area contributed by atoms with Crippen LogP contribution in [0, 0.1) is 11.8 Å². The Balaban J connectivity index is 0.00000312. The van der Waals surface area contributed by atoms with Gasteiger partial charge < -0.3 is 24.8 Å². The number of rotatable bonds is 4. The predicted octanol–water partition coefficient (Wildman–Crippen LogP) is 1.84. The molecule has 0 bridgehead atoms. The molecule has 0 aromatic heterocycles. The van der Waals surface area contributed by atoms with Gasteiger partial charge in [-0.05, 0) is 24.1 Å². The number of hydrogen-bond donors (Lipinski definition) is 2. The third-order valence-electron chi connectivity index (χ3n) is 4.35. The number of likely N-dealkylation sites (tertiary alicyclic amines) is 1. The van der Waals surface area contributed by atoms with Gasteiger partial charge in [-0.2, -0.15) is 0 Å². The van der Waals surface area contributed by atoms with E-state index in [1.165, 1.54) is 7.11 Å². The number of carbonyl (C=O) groups excluding carboxylic acids is 1. The number of nitrogens with zero attached hydrogens (tertiary/aromatic N) is 2. The van der Waals surface area contributed by atoms with E-state index in [0.717, 1.165) is 6.54 Å². The van der Waals surface area contributed by atoms with Gasteiger partial charge in [-0.25, -0.2) is 0 Å². The number of guanidine groups is 1. The summed E-state index contributed by atoms with van der Waals surface area (Å²) in [6.07, 6.45) is 0. The second kappa shape index (κ2) is 9.69. The molecule has 1 aliphatic rings. The van der Waals surface area contributed by atoms with Crippen LogP contribution in [0.25, 0.3) is 0 Å². The van der Waals surface area contributed by atoms with Crippen molar-refractivity contribution in [3.05, 3.63) is 23.8 Å². The smallest absolute Gasteiger partial charge is 0.310 e. The maximum Gasteiger partial charge on any atom is 0.310 e. The zero-order valence-electron chi connectivity index (χ0n) is 15.0. The van der Waals surface area contributed by atoms with E-state index in [1.807, 2.05) is 11.8 Å². The van der Waals surface area contributed by atoms with Crippen LogP contribution in [-0.2, 0) is 16.1 Å². The highest BCUT2D eigenvalue weighted by Crippen LogP contribution is 2.25. The minimum Gasteiger partial charge on any atom is -0.508 e. The van der Waals surface area contributed by atoms with Crippen molar-refractivity contribution in [2.45, 2.75) is 13.5 Å².